The van der Waals surface area contributed by atoms with Crippen molar-refractivity contribution in [2.24, 2.45) is 0 Å². The Hall–Kier alpha value is -1.23. The SMILES string of the molecule is COc1cccc2c(=O)c3c(O)c(I)c(O)c(I)c3oc12. The van der Waals surface area contributed by atoms with E-state index < -0.39 is 0 Å². The van der Waals surface area contributed by atoms with Crippen LogP contribution in [0.1, 0.15) is 0 Å². The van der Waals surface area contributed by atoms with Crippen molar-refractivity contribution in [3.8, 4) is 17.2 Å². The van der Waals surface area contributed by atoms with Crippen molar-refractivity contribution in [2.45, 2.75) is 0 Å². The number of para-hydroxylation sites is 1. The van der Waals surface area contributed by atoms with Gasteiger partial charge in [-0.15, -0.1) is 0 Å². The van der Waals surface area contributed by atoms with Crippen LogP contribution in [0.25, 0.3) is 21.9 Å². The quantitative estimate of drug-likeness (QED) is 0.387. The van der Waals surface area contributed by atoms with Crippen LogP contribution in [0, 0.1) is 7.14 Å². The van der Waals surface area contributed by atoms with Crippen LogP contribution < -0.4 is 10.2 Å². The third kappa shape index (κ3) is 2.05. The molecule has 2 aromatic carbocycles. The summed E-state index contributed by atoms with van der Waals surface area (Å²) in [4.78, 5) is 12.6. The average Bonchev–Trinajstić information content (AvgIpc) is 2.50. The molecule has 0 unspecified atom stereocenters. The van der Waals surface area contributed by atoms with Crippen LogP contribution in [0.4, 0.5) is 0 Å². The monoisotopic (exact) mass is 510 g/mol. The van der Waals surface area contributed by atoms with E-state index in [2.05, 4.69) is 0 Å². The third-order valence-electron chi connectivity index (χ3n) is 3.16. The van der Waals surface area contributed by atoms with Crippen LogP contribution in [-0.4, -0.2) is 17.3 Å². The van der Waals surface area contributed by atoms with Gasteiger partial charge in [0.2, 0.25) is 5.43 Å². The number of methoxy groups -OCH3 is 1. The van der Waals surface area contributed by atoms with E-state index in [0.717, 1.165) is 0 Å². The van der Waals surface area contributed by atoms with Crippen molar-refractivity contribution in [3.63, 3.8) is 0 Å². The molecule has 0 amide bonds. The van der Waals surface area contributed by atoms with Gasteiger partial charge in [0.25, 0.3) is 0 Å². The Morgan fingerprint density at radius 1 is 1.10 bits per heavy atom. The molecule has 7 heteroatoms. The number of phenols is 2. The molecule has 2 N–H and O–H groups in total. The minimum Gasteiger partial charge on any atom is -0.506 e. The molecule has 1 aromatic heterocycles. The lowest BCUT2D eigenvalue weighted by Crippen LogP contribution is -2.05. The maximum absolute atomic E-state index is 12.6. The van der Waals surface area contributed by atoms with Gasteiger partial charge >= 0.3 is 0 Å². The maximum atomic E-state index is 12.6. The average molecular weight is 510 g/mol. The van der Waals surface area contributed by atoms with Crippen LogP contribution in [0.15, 0.2) is 27.4 Å². The molecule has 3 aromatic rings. The smallest absolute Gasteiger partial charge is 0.204 e. The van der Waals surface area contributed by atoms with Crippen LogP contribution in [0.3, 0.4) is 0 Å². The Morgan fingerprint density at radius 2 is 1.81 bits per heavy atom. The first kappa shape index (κ1) is 14.7. The number of rotatable bonds is 1. The summed E-state index contributed by atoms with van der Waals surface area (Å²) in [6.07, 6.45) is 0. The van der Waals surface area contributed by atoms with E-state index in [1.54, 1.807) is 40.8 Å². The summed E-state index contributed by atoms with van der Waals surface area (Å²) in [5, 5.41) is 20.5. The summed E-state index contributed by atoms with van der Waals surface area (Å²) in [6, 6.07) is 4.96. The lowest BCUT2D eigenvalue weighted by atomic mass is 10.1. The summed E-state index contributed by atoms with van der Waals surface area (Å²) in [5.41, 5.74) is 0.0712. The van der Waals surface area contributed by atoms with Gasteiger partial charge in [-0.05, 0) is 57.3 Å². The number of phenolic OH excluding ortho intramolecular Hbond substituents is 2. The minimum atomic E-state index is -0.363. The highest BCUT2D eigenvalue weighted by molar-refractivity contribution is 14.1. The van der Waals surface area contributed by atoms with Gasteiger partial charge in [0.15, 0.2) is 16.9 Å². The molecule has 3 rings (SSSR count). The van der Waals surface area contributed by atoms with Gasteiger partial charge in [0, 0.05) is 0 Å². The summed E-state index contributed by atoms with van der Waals surface area (Å²) >= 11 is 3.67. The highest BCUT2D eigenvalue weighted by Crippen LogP contribution is 2.41. The summed E-state index contributed by atoms with van der Waals surface area (Å²) in [7, 11) is 1.48. The largest absolute Gasteiger partial charge is 0.506 e. The van der Waals surface area contributed by atoms with E-state index >= 15 is 0 Å². The molecule has 0 aliphatic carbocycles. The predicted octanol–water partition coefficient (Wildman–Crippen LogP) is 3.58. The summed E-state index contributed by atoms with van der Waals surface area (Å²) < 4.78 is 11.5. The van der Waals surface area contributed by atoms with Gasteiger partial charge in [-0.1, -0.05) is 6.07 Å². The van der Waals surface area contributed by atoms with Crippen LogP contribution in [-0.2, 0) is 0 Å². The third-order valence-corrected chi connectivity index (χ3v) is 5.18. The minimum absolute atomic E-state index is 0.0577. The Kier molecular flexibility index (Phi) is 3.64. The molecule has 21 heavy (non-hydrogen) atoms. The molecule has 0 saturated heterocycles. The molecule has 0 spiro atoms. The van der Waals surface area contributed by atoms with Gasteiger partial charge in [-0.2, -0.15) is 0 Å². The number of hydrogen-bond acceptors (Lipinski definition) is 5. The topological polar surface area (TPSA) is 79.9 Å². The number of aromatic hydroxyl groups is 2. The Labute approximate surface area is 145 Å². The van der Waals surface area contributed by atoms with Crippen molar-refractivity contribution in [1.82, 2.24) is 0 Å². The molecular weight excluding hydrogens is 502 g/mol. The highest BCUT2D eigenvalue weighted by Gasteiger charge is 2.22. The Morgan fingerprint density at radius 3 is 2.48 bits per heavy atom. The molecule has 5 nitrogen and oxygen atoms in total. The standard InChI is InChI=1S/C14H8I2O5/c1-20-6-4-2-3-5-10(17)7-11(18)8(15)12(19)9(16)14(7)21-13(5)6/h2-4,18-19H,1H3. The van der Waals surface area contributed by atoms with Gasteiger partial charge in [-0.25, -0.2) is 0 Å². The number of fused-ring (bicyclic) bond motifs is 2. The van der Waals surface area contributed by atoms with Crippen LogP contribution in [0.5, 0.6) is 17.2 Å². The molecule has 0 aliphatic rings. The van der Waals surface area contributed by atoms with Crippen molar-refractivity contribution >= 4 is 67.1 Å². The lowest BCUT2D eigenvalue weighted by Gasteiger charge is -2.10. The molecule has 0 bridgehead atoms. The van der Waals surface area contributed by atoms with Crippen LogP contribution >= 0.6 is 45.2 Å². The Balaban J connectivity index is 2.67. The number of ether oxygens (including phenoxy) is 1. The van der Waals surface area contributed by atoms with Crippen molar-refractivity contribution in [2.75, 3.05) is 7.11 Å². The zero-order chi connectivity index (χ0) is 15.3. The molecule has 0 radical (unpaired) electrons. The first-order valence-corrected chi connectivity index (χ1v) is 7.95. The van der Waals surface area contributed by atoms with E-state index in [4.69, 9.17) is 9.15 Å². The second kappa shape index (κ2) is 5.20. The lowest BCUT2D eigenvalue weighted by molar-refractivity contribution is 0.410. The van der Waals surface area contributed by atoms with Crippen molar-refractivity contribution in [3.05, 3.63) is 35.6 Å². The second-order valence-corrected chi connectivity index (χ2v) is 6.45. The number of halogens is 2. The molecule has 0 aliphatic heterocycles. The van der Waals surface area contributed by atoms with Crippen molar-refractivity contribution in [1.29, 1.82) is 0 Å². The van der Waals surface area contributed by atoms with E-state index in [1.165, 1.54) is 7.11 Å². The zero-order valence-corrected chi connectivity index (χ0v) is 14.9. The second-order valence-electron chi connectivity index (χ2n) is 4.30. The van der Waals surface area contributed by atoms with E-state index in [0.29, 0.717) is 14.7 Å². The van der Waals surface area contributed by atoms with Gasteiger partial charge in [0.1, 0.15) is 16.9 Å². The normalized spacial score (nSPS) is 11.2. The fourth-order valence-corrected chi connectivity index (χ4v) is 3.85. The summed E-state index contributed by atoms with van der Waals surface area (Å²) in [6.45, 7) is 0. The fourth-order valence-electron chi connectivity index (χ4n) is 2.15. The Bertz CT molecular complexity index is 946. The molecule has 0 fully saturated rings. The molecule has 0 saturated carbocycles. The van der Waals surface area contributed by atoms with Gasteiger partial charge < -0.3 is 19.4 Å². The molecule has 108 valence electrons. The van der Waals surface area contributed by atoms with E-state index in [1.807, 2.05) is 22.6 Å². The molecule has 1 heterocycles. The predicted molar refractivity (Wildman–Crippen MR) is 95.3 cm³/mol. The highest BCUT2D eigenvalue weighted by atomic mass is 127. The first-order chi connectivity index (χ1) is 9.97. The van der Waals surface area contributed by atoms with Crippen LogP contribution in [0.2, 0.25) is 0 Å². The van der Waals surface area contributed by atoms with E-state index in [-0.39, 0.29) is 37.1 Å². The molecule has 0 atom stereocenters. The molecular formula is C14H8I2O5. The first-order valence-electron chi connectivity index (χ1n) is 5.79. The maximum Gasteiger partial charge on any atom is 0.204 e. The zero-order valence-electron chi connectivity index (χ0n) is 10.6. The number of hydrogen-bond donors (Lipinski definition) is 2. The summed E-state index contributed by atoms with van der Waals surface area (Å²) in [5.74, 6) is 0.0282. The van der Waals surface area contributed by atoms with E-state index in [9.17, 15) is 15.0 Å². The number of benzene rings is 2. The fraction of sp³-hybridized carbons (Fsp3) is 0.0714. The van der Waals surface area contributed by atoms with Crippen molar-refractivity contribution < 1.29 is 19.4 Å². The van der Waals surface area contributed by atoms with Gasteiger partial charge in [0.05, 0.1) is 19.6 Å². The van der Waals surface area contributed by atoms with Gasteiger partial charge in [-0.3, -0.25) is 4.79 Å².